The molecule has 0 spiro atoms. The third kappa shape index (κ3) is 3.53. The zero-order valence-corrected chi connectivity index (χ0v) is 14.4. The first-order valence-corrected chi connectivity index (χ1v) is 8.66. The number of fused-ring (bicyclic) bond motifs is 2. The molecule has 4 nitrogen and oxygen atoms in total. The van der Waals surface area contributed by atoms with Gasteiger partial charge in [0, 0.05) is 19.0 Å². The van der Waals surface area contributed by atoms with Crippen molar-refractivity contribution in [3.8, 4) is 5.75 Å². The zero-order valence-electron chi connectivity index (χ0n) is 14.4. The second-order valence-electron chi connectivity index (χ2n) is 5.89. The highest BCUT2D eigenvalue weighted by Gasteiger charge is 2.17. The summed E-state index contributed by atoms with van der Waals surface area (Å²) < 4.78 is 13.0. The molecule has 3 aromatic rings. The first kappa shape index (κ1) is 16.4. The molecular weight excluding hydrogens is 300 g/mol. The zero-order chi connectivity index (χ0) is 16.8. The average molecular weight is 325 g/mol. The third-order valence-electron chi connectivity index (χ3n) is 4.02. The minimum atomic E-state index is 0.715. The molecule has 2 heterocycles. The molecule has 126 valence electrons. The Hall–Kier alpha value is -2.49. The summed E-state index contributed by atoms with van der Waals surface area (Å²) in [4.78, 5) is 2.26. The van der Waals surface area contributed by atoms with Crippen molar-refractivity contribution in [2.45, 2.75) is 33.2 Å². The van der Waals surface area contributed by atoms with E-state index in [4.69, 9.17) is 9.15 Å². The van der Waals surface area contributed by atoms with Crippen molar-refractivity contribution in [3.05, 3.63) is 54.9 Å². The maximum absolute atomic E-state index is 5.49. The van der Waals surface area contributed by atoms with Crippen LogP contribution in [0.1, 0.15) is 26.7 Å². The largest absolute Gasteiger partial charge is 0.471 e. The van der Waals surface area contributed by atoms with Gasteiger partial charge in [0.2, 0.25) is 5.58 Å². The number of rotatable bonds is 4. The Labute approximate surface area is 143 Å². The molecule has 0 bridgehead atoms. The van der Waals surface area contributed by atoms with Gasteiger partial charge in [-0.1, -0.05) is 38.1 Å². The van der Waals surface area contributed by atoms with Crippen molar-refractivity contribution in [2.75, 3.05) is 18.2 Å². The van der Waals surface area contributed by atoms with Crippen LogP contribution in [-0.4, -0.2) is 13.3 Å². The van der Waals surface area contributed by atoms with E-state index in [1.807, 2.05) is 30.3 Å². The molecule has 4 heteroatoms. The number of anilines is 1. The molecular formula is C20H25N2O2+. The lowest BCUT2D eigenvalue weighted by Gasteiger charge is -2.14. The molecule has 0 atom stereocenters. The molecule has 0 N–H and O–H groups in total. The predicted molar refractivity (Wildman–Crippen MR) is 96.3 cm³/mol. The molecule has 2 aromatic carbocycles. The second-order valence-corrected chi connectivity index (χ2v) is 5.89. The van der Waals surface area contributed by atoms with Crippen LogP contribution in [-0.2, 0) is 6.54 Å². The van der Waals surface area contributed by atoms with Gasteiger partial charge in [-0.2, -0.15) is 4.57 Å². The minimum absolute atomic E-state index is 0.715. The van der Waals surface area contributed by atoms with E-state index in [0.29, 0.717) is 6.73 Å². The molecule has 0 radical (unpaired) electrons. The van der Waals surface area contributed by atoms with Crippen LogP contribution in [0.5, 0.6) is 5.75 Å². The lowest BCUT2D eigenvalue weighted by atomic mass is 10.3. The summed E-state index contributed by atoms with van der Waals surface area (Å²) in [6, 6.07) is 16.3. The van der Waals surface area contributed by atoms with Crippen LogP contribution in [0.2, 0.25) is 0 Å². The van der Waals surface area contributed by atoms with Crippen LogP contribution in [0, 0.1) is 0 Å². The summed E-state index contributed by atoms with van der Waals surface area (Å²) in [5.74, 6) is 1.02. The molecule has 1 aliphatic rings. The normalized spacial score (nSPS) is 12.5. The third-order valence-corrected chi connectivity index (χ3v) is 4.02. The van der Waals surface area contributed by atoms with Gasteiger partial charge in [0.1, 0.15) is 5.75 Å². The summed E-state index contributed by atoms with van der Waals surface area (Å²) >= 11 is 0. The number of hydrogen-bond donors (Lipinski definition) is 0. The smallest absolute Gasteiger partial charge is 0.335 e. The number of para-hydroxylation sites is 4. The van der Waals surface area contributed by atoms with Crippen molar-refractivity contribution in [1.29, 1.82) is 0 Å². The Balaban J connectivity index is 0.000000141. The summed E-state index contributed by atoms with van der Waals surface area (Å²) in [7, 11) is 0. The fraction of sp³-hybridized carbons (Fsp3) is 0.350. The van der Waals surface area contributed by atoms with Crippen LogP contribution < -0.4 is 14.2 Å². The Morgan fingerprint density at radius 3 is 2.62 bits per heavy atom. The van der Waals surface area contributed by atoms with E-state index in [-0.39, 0.29) is 0 Å². The summed E-state index contributed by atoms with van der Waals surface area (Å²) in [5.41, 5.74) is 3.38. The van der Waals surface area contributed by atoms with Crippen LogP contribution in [0.3, 0.4) is 0 Å². The first-order valence-electron chi connectivity index (χ1n) is 8.66. The number of aryl methyl sites for hydroxylation is 1. The van der Waals surface area contributed by atoms with Gasteiger partial charge in [-0.25, -0.2) is 0 Å². The Morgan fingerprint density at radius 1 is 1.00 bits per heavy atom. The van der Waals surface area contributed by atoms with Crippen LogP contribution >= 0.6 is 0 Å². The SMILES string of the molecule is CCCN1COc2ccccc21.CCC[n+]1coc2ccccc21. The second kappa shape index (κ2) is 7.86. The van der Waals surface area contributed by atoms with Gasteiger partial charge >= 0.3 is 6.39 Å². The Kier molecular flexibility index (Phi) is 5.36. The van der Waals surface area contributed by atoms with Gasteiger partial charge in [-0.15, -0.1) is 0 Å². The fourth-order valence-corrected chi connectivity index (χ4v) is 2.90. The molecule has 0 saturated carbocycles. The molecule has 4 rings (SSSR count). The van der Waals surface area contributed by atoms with Crippen molar-refractivity contribution in [1.82, 2.24) is 0 Å². The summed E-state index contributed by atoms with van der Waals surface area (Å²) in [6.07, 6.45) is 4.08. The molecule has 0 unspecified atom stereocenters. The highest BCUT2D eigenvalue weighted by atomic mass is 16.5. The molecule has 1 aliphatic heterocycles. The predicted octanol–water partition coefficient (Wildman–Crippen LogP) is 4.38. The lowest BCUT2D eigenvalue weighted by molar-refractivity contribution is -0.676. The van der Waals surface area contributed by atoms with E-state index < -0.39 is 0 Å². The van der Waals surface area contributed by atoms with Crippen LogP contribution in [0.25, 0.3) is 11.1 Å². The van der Waals surface area contributed by atoms with Crippen molar-refractivity contribution in [3.63, 3.8) is 0 Å². The van der Waals surface area contributed by atoms with Crippen molar-refractivity contribution in [2.24, 2.45) is 0 Å². The standard InChI is InChI=1S/C10H13NO.C10H12NO/c2*1-2-7-11-8-12-10-6-4-3-5-9(10)11/h3-6H,2,7-8H2,1H3;3-6,8H,2,7H2,1H3/q;+1. The molecule has 0 aliphatic carbocycles. The van der Waals surface area contributed by atoms with E-state index in [0.717, 1.165) is 37.3 Å². The Bertz CT molecular complexity index is 780. The molecule has 0 amide bonds. The number of hydrogen-bond acceptors (Lipinski definition) is 3. The van der Waals surface area contributed by atoms with Crippen LogP contribution in [0.4, 0.5) is 5.69 Å². The van der Waals surface area contributed by atoms with Gasteiger partial charge in [-0.3, -0.25) is 0 Å². The van der Waals surface area contributed by atoms with E-state index in [2.05, 4.69) is 41.5 Å². The van der Waals surface area contributed by atoms with E-state index in [9.17, 15) is 0 Å². The van der Waals surface area contributed by atoms with Gasteiger partial charge < -0.3 is 14.1 Å². The van der Waals surface area contributed by atoms with E-state index >= 15 is 0 Å². The number of aromatic nitrogens is 1. The number of benzene rings is 2. The summed E-state index contributed by atoms with van der Waals surface area (Å²) in [6.45, 7) is 7.16. The molecule has 0 saturated heterocycles. The van der Waals surface area contributed by atoms with Gasteiger partial charge in [-0.05, 0) is 24.6 Å². The fourth-order valence-electron chi connectivity index (χ4n) is 2.90. The molecule has 1 aromatic heterocycles. The highest BCUT2D eigenvalue weighted by molar-refractivity contribution is 5.67. The van der Waals surface area contributed by atoms with Gasteiger partial charge in [0.05, 0.1) is 5.69 Å². The maximum atomic E-state index is 5.49. The van der Waals surface area contributed by atoms with Gasteiger partial charge in [0.25, 0.3) is 5.52 Å². The summed E-state index contributed by atoms with van der Waals surface area (Å²) in [5, 5.41) is 0. The van der Waals surface area contributed by atoms with Crippen molar-refractivity contribution >= 4 is 16.8 Å². The van der Waals surface area contributed by atoms with Gasteiger partial charge in [0.15, 0.2) is 13.3 Å². The minimum Gasteiger partial charge on any atom is -0.471 e. The Morgan fingerprint density at radius 2 is 1.79 bits per heavy atom. The first-order chi connectivity index (χ1) is 11.8. The maximum Gasteiger partial charge on any atom is 0.335 e. The highest BCUT2D eigenvalue weighted by Crippen LogP contribution is 2.32. The number of oxazole rings is 1. The molecule has 0 fully saturated rings. The van der Waals surface area contributed by atoms with Crippen LogP contribution in [0.15, 0.2) is 59.3 Å². The number of ether oxygens (including phenoxy) is 1. The lowest BCUT2D eigenvalue weighted by Crippen LogP contribution is -2.30. The van der Waals surface area contributed by atoms with E-state index in [1.165, 1.54) is 11.2 Å². The van der Waals surface area contributed by atoms with E-state index in [1.54, 1.807) is 6.39 Å². The topological polar surface area (TPSA) is 29.5 Å². The average Bonchev–Trinajstić information content (AvgIpc) is 3.22. The van der Waals surface area contributed by atoms with Crippen molar-refractivity contribution < 1.29 is 13.7 Å². The quantitative estimate of drug-likeness (QED) is 0.667. The monoisotopic (exact) mass is 325 g/mol. The molecule has 24 heavy (non-hydrogen) atoms. The number of nitrogens with zero attached hydrogens (tertiary/aromatic N) is 2.